The van der Waals surface area contributed by atoms with Gasteiger partial charge in [0.05, 0.1) is 12.2 Å². The highest BCUT2D eigenvalue weighted by Crippen LogP contribution is 2.35. The van der Waals surface area contributed by atoms with E-state index in [9.17, 15) is 0 Å². The van der Waals surface area contributed by atoms with Crippen molar-refractivity contribution < 1.29 is 0 Å². The van der Waals surface area contributed by atoms with Crippen molar-refractivity contribution in [1.29, 1.82) is 0 Å². The summed E-state index contributed by atoms with van der Waals surface area (Å²) in [5.74, 6) is 1.41. The van der Waals surface area contributed by atoms with Gasteiger partial charge in [0, 0.05) is 54.3 Å². The van der Waals surface area contributed by atoms with Gasteiger partial charge in [0.15, 0.2) is 0 Å². The van der Waals surface area contributed by atoms with Crippen LogP contribution in [-0.2, 0) is 13.0 Å². The van der Waals surface area contributed by atoms with Gasteiger partial charge in [0.2, 0.25) is 0 Å². The molecule has 6 rings (SSSR count). The van der Waals surface area contributed by atoms with E-state index < -0.39 is 0 Å². The van der Waals surface area contributed by atoms with E-state index in [-0.39, 0.29) is 0 Å². The molecule has 5 nitrogen and oxygen atoms in total. The minimum atomic E-state index is 0.481. The van der Waals surface area contributed by atoms with E-state index in [0.29, 0.717) is 12.5 Å². The van der Waals surface area contributed by atoms with E-state index in [0.717, 1.165) is 53.5 Å². The Morgan fingerprint density at radius 2 is 1.54 bits per heavy atom. The number of allylic oxidation sites excluding steroid dienone is 1. The predicted molar refractivity (Wildman–Crippen MR) is 170 cm³/mol. The standard InChI is InChI=1S/C36H41N5/c1-3-33-22-30(16-18-37-33)31-17-19-38-36(24-31)41(27(2)28-10-5-4-6-11-28)26-34-15-14-32(25-39-34)29-12-9-13-35(23-29)40-20-7-8-21-40/h9,12-19,22-25,28H,2-8,10-11,20-21,26H2,1H3. The van der Waals surface area contributed by atoms with Gasteiger partial charge in [0.1, 0.15) is 5.82 Å². The first-order chi connectivity index (χ1) is 20.2. The summed E-state index contributed by atoms with van der Waals surface area (Å²) in [6.07, 6.45) is 15.6. The SMILES string of the molecule is C=C(C1CCCCC1)N(Cc1ccc(-c2cccc(N3CCCC3)c2)cn1)c1cc(-c2ccnc(CC)c2)ccn1. The van der Waals surface area contributed by atoms with Crippen LogP contribution in [-0.4, -0.2) is 28.0 Å². The first kappa shape index (κ1) is 27.2. The lowest BCUT2D eigenvalue weighted by molar-refractivity contribution is 0.395. The van der Waals surface area contributed by atoms with E-state index in [1.165, 1.54) is 61.8 Å². The van der Waals surface area contributed by atoms with Gasteiger partial charge >= 0.3 is 0 Å². The minimum Gasteiger partial charge on any atom is -0.372 e. The molecular formula is C36H41N5. The first-order valence-corrected chi connectivity index (χ1v) is 15.4. The van der Waals surface area contributed by atoms with Crippen molar-refractivity contribution in [3.05, 3.63) is 103 Å². The largest absolute Gasteiger partial charge is 0.372 e. The van der Waals surface area contributed by atoms with Crippen molar-refractivity contribution in [2.24, 2.45) is 5.92 Å². The Labute approximate surface area is 245 Å². The number of aromatic nitrogens is 3. The van der Waals surface area contributed by atoms with Crippen molar-refractivity contribution in [2.45, 2.75) is 64.8 Å². The molecular weight excluding hydrogens is 502 g/mol. The van der Waals surface area contributed by atoms with Gasteiger partial charge in [-0.2, -0.15) is 0 Å². The van der Waals surface area contributed by atoms with Crippen LogP contribution in [0.5, 0.6) is 0 Å². The third-order valence-corrected chi connectivity index (χ3v) is 8.75. The molecule has 2 fully saturated rings. The Balaban J connectivity index is 1.27. The highest BCUT2D eigenvalue weighted by atomic mass is 15.2. The lowest BCUT2D eigenvalue weighted by Crippen LogP contribution is -2.28. The number of benzene rings is 1. The van der Waals surface area contributed by atoms with Crippen molar-refractivity contribution in [3.63, 3.8) is 0 Å². The summed E-state index contributed by atoms with van der Waals surface area (Å²) in [7, 11) is 0. The van der Waals surface area contributed by atoms with Gasteiger partial charge in [-0.1, -0.05) is 51.0 Å². The molecule has 1 aliphatic carbocycles. The molecule has 1 aromatic carbocycles. The number of anilines is 2. The molecule has 2 aliphatic rings. The summed E-state index contributed by atoms with van der Waals surface area (Å²) in [5.41, 5.74) is 9.27. The van der Waals surface area contributed by atoms with Crippen molar-refractivity contribution in [3.8, 4) is 22.3 Å². The summed E-state index contributed by atoms with van der Waals surface area (Å²) in [6.45, 7) is 9.73. The molecule has 0 amide bonds. The maximum Gasteiger partial charge on any atom is 0.133 e. The van der Waals surface area contributed by atoms with E-state index in [1.54, 1.807) is 0 Å². The fourth-order valence-electron chi connectivity index (χ4n) is 6.29. The third kappa shape index (κ3) is 6.35. The van der Waals surface area contributed by atoms with Crippen LogP contribution in [0.1, 0.15) is 63.3 Å². The van der Waals surface area contributed by atoms with E-state index in [2.05, 4.69) is 89.0 Å². The van der Waals surface area contributed by atoms with Crippen LogP contribution >= 0.6 is 0 Å². The molecule has 4 aromatic rings. The Morgan fingerprint density at radius 1 is 0.780 bits per heavy atom. The molecule has 1 saturated heterocycles. The van der Waals surface area contributed by atoms with Gasteiger partial charge < -0.3 is 9.80 Å². The molecule has 0 N–H and O–H groups in total. The molecule has 3 aromatic heterocycles. The Bertz CT molecular complexity index is 1470. The van der Waals surface area contributed by atoms with Gasteiger partial charge in [-0.3, -0.25) is 9.97 Å². The van der Waals surface area contributed by atoms with Crippen LogP contribution < -0.4 is 9.80 Å². The maximum atomic E-state index is 4.95. The Morgan fingerprint density at radius 3 is 2.29 bits per heavy atom. The Hall–Kier alpha value is -3.99. The van der Waals surface area contributed by atoms with Crippen LogP contribution in [0, 0.1) is 5.92 Å². The summed E-state index contributed by atoms with van der Waals surface area (Å²) in [4.78, 5) is 19.1. The van der Waals surface area contributed by atoms with Gasteiger partial charge in [0.25, 0.3) is 0 Å². The molecule has 0 bridgehead atoms. The maximum absolute atomic E-state index is 4.95. The number of aryl methyl sites for hydroxylation is 1. The molecule has 5 heteroatoms. The number of hydrogen-bond donors (Lipinski definition) is 0. The van der Waals surface area contributed by atoms with E-state index in [1.807, 2.05) is 18.6 Å². The molecule has 0 unspecified atom stereocenters. The lowest BCUT2D eigenvalue weighted by Gasteiger charge is -2.33. The monoisotopic (exact) mass is 543 g/mol. The lowest BCUT2D eigenvalue weighted by atomic mass is 9.86. The zero-order valence-corrected chi connectivity index (χ0v) is 24.3. The van der Waals surface area contributed by atoms with Gasteiger partial charge in [-0.25, -0.2) is 4.98 Å². The molecule has 1 aliphatic heterocycles. The average molecular weight is 544 g/mol. The van der Waals surface area contributed by atoms with Crippen LogP contribution in [0.3, 0.4) is 0 Å². The van der Waals surface area contributed by atoms with E-state index >= 15 is 0 Å². The Kier molecular flexibility index (Phi) is 8.41. The molecule has 0 atom stereocenters. The quantitative estimate of drug-likeness (QED) is 0.212. The minimum absolute atomic E-state index is 0.481. The number of hydrogen-bond acceptors (Lipinski definition) is 5. The molecule has 210 valence electrons. The molecule has 4 heterocycles. The highest BCUT2D eigenvalue weighted by molar-refractivity contribution is 5.69. The molecule has 41 heavy (non-hydrogen) atoms. The topological polar surface area (TPSA) is 45.2 Å². The third-order valence-electron chi connectivity index (χ3n) is 8.75. The fraction of sp³-hybridized carbons (Fsp3) is 0.361. The smallest absolute Gasteiger partial charge is 0.133 e. The zero-order chi connectivity index (χ0) is 28.0. The number of nitrogens with zero attached hydrogens (tertiary/aromatic N) is 5. The fourth-order valence-corrected chi connectivity index (χ4v) is 6.29. The van der Waals surface area contributed by atoms with Crippen LogP contribution in [0.15, 0.2) is 91.5 Å². The van der Waals surface area contributed by atoms with Crippen molar-refractivity contribution in [2.75, 3.05) is 22.9 Å². The first-order valence-electron chi connectivity index (χ1n) is 15.4. The number of rotatable bonds is 9. The molecule has 0 radical (unpaired) electrons. The average Bonchev–Trinajstić information content (AvgIpc) is 3.60. The second-order valence-corrected chi connectivity index (χ2v) is 11.5. The molecule has 1 saturated carbocycles. The van der Waals surface area contributed by atoms with Crippen molar-refractivity contribution >= 4 is 11.5 Å². The molecule has 0 spiro atoms. The summed E-state index contributed by atoms with van der Waals surface area (Å²) < 4.78 is 0. The van der Waals surface area contributed by atoms with Crippen molar-refractivity contribution in [1.82, 2.24) is 15.0 Å². The van der Waals surface area contributed by atoms with Crippen LogP contribution in [0.2, 0.25) is 0 Å². The summed E-state index contributed by atoms with van der Waals surface area (Å²) >= 11 is 0. The predicted octanol–water partition coefficient (Wildman–Crippen LogP) is 8.47. The van der Waals surface area contributed by atoms with E-state index in [4.69, 9.17) is 9.97 Å². The summed E-state index contributed by atoms with van der Waals surface area (Å²) in [5, 5.41) is 0. The highest BCUT2D eigenvalue weighted by Gasteiger charge is 2.24. The van der Waals surface area contributed by atoms with Crippen LogP contribution in [0.25, 0.3) is 22.3 Å². The van der Waals surface area contributed by atoms with Crippen LogP contribution in [0.4, 0.5) is 11.5 Å². The van der Waals surface area contributed by atoms with Gasteiger partial charge in [-0.15, -0.1) is 0 Å². The second-order valence-electron chi connectivity index (χ2n) is 11.5. The van der Waals surface area contributed by atoms with Gasteiger partial charge in [-0.05, 0) is 97.2 Å². The number of pyridine rings is 3. The normalized spacial score (nSPS) is 15.7. The second kappa shape index (κ2) is 12.7. The summed E-state index contributed by atoms with van der Waals surface area (Å²) in [6, 6.07) is 21.8. The zero-order valence-electron chi connectivity index (χ0n) is 24.3.